The van der Waals surface area contributed by atoms with Crippen LogP contribution in [-0.2, 0) is 0 Å². The van der Waals surface area contributed by atoms with Crippen molar-refractivity contribution in [3.63, 3.8) is 0 Å². The van der Waals surface area contributed by atoms with Gasteiger partial charge in [0.05, 0.1) is 5.54 Å². The molecule has 80 valence electrons. The van der Waals surface area contributed by atoms with Gasteiger partial charge in [-0.15, -0.1) is 11.8 Å². The normalized spacial score (nSPS) is 17.7. The zero-order valence-corrected chi connectivity index (χ0v) is 10.5. The van der Waals surface area contributed by atoms with Gasteiger partial charge in [-0.2, -0.15) is 0 Å². The van der Waals surface area contributed by atoms with Crippen LogP contribution in [0.25, 0.3) is 5.57 Å². The zero-order valence-electron chi connectivity index (χ0n) is 9.72. The molecule has 0 fully saturated rings. The lowest BCUT2D eigenvalue weighted by Crippen LogP contribution is -2.31. The van der Waals surface area contributed by atoms with E-state index in [1.807, 2.05) is 0 Å². The fourth-order valence-electron chi connectivity index (χ4n) is 2.10. The lowest BCUT2D eigenvalue weighted by atomic mass is 9.91. The number of hydrogen-bond acceptors (Lipinski definition) is 2. The molecule has 1 heterocycles. The van der Waals surface area contributed by atoms with E-state index in [2.05, 4.69) is 56.6 Å². The first kappa shape index (κ1) is 10.6. The first-order valence-electron chi connectivity index (χ1n) is 5.18. The molecule has 0 saturated heterocycles. The summed E-state index contributed by atoms with van der Waals surface area (Å²) in [6.45, 7) is 6.58. The minimum absolute atomic E-state index is 0.0636. The number of nitrogens with one attached hydrogen (secondary N) is 1. The summed E-state index contributed by atoms with van der Waals surface area (Å²) in [5, 5.41) is 3.55. The Morgan fingerprint density at radius 2 is 2.00 bits per heavy atom. The van der Waals surface area contributed by atoms with E-state index in [-0.39, 0.29) is 5.54 Å². The molecule has 1 nitrogen and oxygen atoms in total. The summed E-state index contributed by atoms with van der Waals surface area (Å²) >= 11 is 1.78. The molecular formula is C13H17NS. The van der Waals surface area contributed by atoms with Gasteiger partial charge in [-0.1, -0.05) is 12.1 Å². The molecule has 0 atom stereocenters. The van der Waals surface area contributed by atoms with Gasteiger partial charge in [-0.05, 0) is 44.7 Å². The third kappa shape index (κ3) is 2.05. The van der Waals surface area contributed by atoms with Crippen molar-refractivity contribution in [2.75, 3.05) is 11.6 Å². The van der Waals surface area contributed by atoms with Crippen LogP contribution in [-0.4, -0.2) is 11.8 Å². The quantitative estimate of drug-likeness (QED) is 0.716. The van der Waals surface area contributed by atoms with E-state index < -0.39 is 0 Å². The summed E-state index contributed by atoms with van der Waals surface area (Å²) in [6.07, 6.45) is 4.40. The predicted molar refractivity (Wildman–Crippen MR) is 69.6 cm³/mol. The predicted octanol–water partition coefficient (Wildman–Crippen LogP) is 4.02. The fourth-order valence-corrected chi connectivity index (χ4v) is 2.54. The number of thioether (sulfide) groups is 1. The minimum atomic E-state index is 0.0636. The van der Waals surface area contributed by atoms with Crippen molar-refractivity contribution in [2.45, 2.75) is 31.2 Å². The van der Waals surface area contributed by atoms with Gasteiger partial charge in [0.25, 0.3) is 0 Å². The van der Waals surface area contributed by atoms with Gasteiger partial charge in [-0.3, -0.25) is 0 Å². The Kier molecular flexibility index (Phi) is 2.55. The summed E-state index contributed by atoms with van der Waals surface area (Å²) in [5.74, 6) is 0. The molecule has 0 amide bonds. The number of rotatable bonds is 1. The van der Waals surface area contributed by atoms with Gasteiger partial charge >= 0.3 is 0 Å². The van der Waals surface area contributed by atoms with E-state index >= 15 is 0 Å². The van der Waals surface area contributed by atoms with Gasteiger partial charge in [0.15, 0.2) is 0 Å². The van der Waals surface area contributed by atoms with E-state index in [0.29, 0.717) is 0 Å². The molecule has 1 aliphatic heterocycles. The molecule has 1 aliphatic rings. The molecule has 0 unspecified atom stereocenters. The van der Waals surface area contributed by atoms with Crippen LogP contribution in [0.3, 0.4) is 0 Å². The SMILES string of the molecule is CSc1ccc2c(c1)NC(C)(C)C=C2C. The van der Waals surface area contributed by atoms with Crippen LogP contribution in [0.2, 0.25) is 0 Å². The van der Waals surface area contributed by atoms with Gasteiger partial charge in [-0.25, -0.2) is 0 Å². The first-order valence-corrected chi connectivity index (χ1v) is 6.40. The first-order chi connectivity index (χ1) is 7.02. The van der Waals surface area contributed by atoms with E-state index in [0.717, 1.165) is 0 Å². The van der Waals surface area contributed by atoms with Gasteiger partial charge in [0, 0.05) is 16.1 Å². The number of fused-ring (bicyclic) bond motifs is 1. The van der Waals surface area contributed by atoms with Crippen molar-refractivity contribution in [3.05, 3.63) is 29.8 Å². The summed E-state index contributed by atoms with van der Waals surface area (Å²) in [4.78, 5) is 1.31. The summed E-state index contributed by atoms with van der Waals surface area (Å²) in [7, 11) is 0. The monoisotopic (exact) mass is 219 g/mol. The molecule has 1 N–H and O–H groups in total. The molecule has 1 aromatic carbocycles. The van der Waals surface area contributed by atoms with E-state index in [4.69, 9.17) is 0 Å². The maximum Gasteiger partial charge on any atom is 0.0505 e. The van der Waals surface area contributed by atoms with Crippen LogP contribution >= 0.6 is 11.8 Å². The molecular weight excluding hydrogens is 202 g/mol. The Morgan fingerprint density at radius 1 is 1.27 bits per heavy atom. The molecule has 2 rings (SSSR count). The van der Waals surface area contributed by atoms with Crippen LogP contribution in [0, 0.1) is 0 Å². The van der Waals surface area contributed by atoms with E-state index in [1.54, 1.807) is 11.8 Å². The lowest BCUT2D eigenvalue weighted by molar-refractivity contribution is 0.707. The Labute approximate surface area is 96.0 Å². The van der Waals surface area contributed by atoms with Crippen molar-refractivity contribution in [2.24, 2.45) is 0 Å². The number of hydrogen-bond donors (Lipinski definition) is 1. The Morgan fingerprint density at radius 3 is 2.67 bits per heavy atom. The maximum absolute atomic E-state index is 3.55. The van der Waals surface area contributed by atoms with Gasteiger partial charge in [0.1, 0.15) is 0 Å². The standard InChI is InChI=1S/C13H17NS/c1-9-8-13(2,3)14-12-7-10(15-4)5-6-11(9)12/h5-8,14H,1-4H3. The van der Waals surface area contributed by atoms with Crippen LogP contribution in [0.4, 0.5) is 5.69 Å². The summed E-state index contributed by atoms with van der Waals surface area (Å²) < 4.78 is 0. The average molecular weight is 219 g/mol. The van der Waals surface area contributed by atoms with Crippen molar-refractivity contribution in [3.8, 4) is 0 Å². The highest BCUT2D eigenvalue weighted by atomic mass is 32.2. The number of allylic oxidation sites excluding steroid dienone is 1. The Hall–Kier alpha value is -0.890. The highest BCUT2D eigenvalue weighted by Gasteiger charge is 2.22. The second-order valence-electron chi connectivity index (χ2n) is 4.59. The molecule has 0 aromatic heterocycles. The van der Waals surface area contributed by atoms with Crippen LogP contribution in [0.15, 0.2) is 29.2 Å². The summed E-state index contributed by atoms with van der Waals surface area (Å²) in [6, 6.07) is 6.62. The van der Waals surface area contributed by atoms with Crippen LogP contribution in [0.5, 0.6) is 0 Å². The number of benzene rings is 1. The Balaban J connectivity index is 2.51. The third-order valence-electron chi connectivity index (χ3n) is 2.69. The molecule has 2 heteroatoms. The van der Waals surface area contributed by atoms with Crippen molar-refractivity contribution < 1.29 is 0 Å². The van der Waals surface area contributed by atoms with E-state index in [1.165, 1.54) is 21.7 Å². The highest BCUT2D eigenvalue weighted by molar-refractivity contribution is 7.98. The molecule has 0 aliphatic carbocycles. The topological polar surface area (TPSA) is 12.0 Å². The van der Waals surface area contributed by atoms with E-state index in [9.17, 15) is 0 Å². The zero-order chi connectivity index (χ0) is 11.1. The molecule has 0 bridgehead atoms. The van der Waals surface area contributed by atoms with Gasteiger partial charge in [0.2, 0.25) is 0 Å². The van der Waals surface area contributed by atoms with Gasteiger partial charge < -0.3 is 5.32 Å². The second kappa shape index (κ2) is 3.60. The fraction of sp³-hybridized carbons (Fsp3) is 0.385. The average Bonchev–Trinajstić information content (AvgIpc) is 2.14. The largest absolute Gasteiger partial charge is 0.376 e. The van der Waals surface area contributed by atoms with Crippen molar-refractivity contribution in [1.29, 1.82) is 0 Å². The highest BCUT2D eigenvalue weighted by Crippen LogP contribution is 2.35. The Bertz CT molecular complexity index is 419. The number of anilines is 1. The van der Waals surface area contributed by atoms with Crippen molar-refractivity contribution >= 4 is 23.0 Å². The van der Waals surface area contributed by atoms with Crippen LogP contribution < -0.4 is 5.32 Å². The maximum atomic E-state index is 3.55. The molecule has 0 radical (unpaired) electrons. The molecule has 1 aromatic rings. The molecule has 0 spiro atoms. The smallest absolute Gasteiger partial charge is 0.0505 e. The lowest BCUT2D eigenvalue weighted by Gasteiger charge is -2.31. The van der Waals surface area contributed by atoms with Crippen LogP contribution in [0.1, 0.15) is 26.3 Å². The molecule has 15 heavy (non-hydrogen) atoms. The molecule has 0 saturated carbocycles. The second-order valence-corrected chi connectivity index (χ2v) is 5.47. The van der Waals surface area contributed by atoms with Crippen molar-refractivity contribution in [1.82, 2.24) is 0 Å². The third-order valence-corrected chi connectivity index (χ3v) is 3.41. The summed E-state index contributed by atoms with van der Waals surface area (Å²) in [5.41, 5.74) is 4.01. The minimum Gasteiger partial charge on any atom is -0.376 e.